The topological polar surface area (TPSA) is 110 Å². The van der Waals surface area contributed by atoms with E-state index in [0.717, 1.165) is 49.0 Å². The molecule has 302 valence electrons. The molecule has 2 fully saturated rings. The molecule has 4 aromatic carbocycles. The molecule has 0 radical (unpaired) electrons. The third-order valence-corrected chi connectivity index (χ3v) is 15.3. The zero-order valence-electron chi connectivity index (χ0n) is 34.0. The number of likely N-dealkylation sites (tertiary alicyclic amines) is 1. The van der Waals surface area contributed by atoms with Gasteiger partial charge in [0.1, 0.15) is 17.2 Å². The van der Waals surface area contributed by atoms with Crippen molar-refractivity contribution in [1.82, 2.24) is 4.90 Å². The smallest absolute Gasteiger partial charge is 0.497 e. The summed E-state index contributed by atoms with van der Waals surface area (Å²) in [6.45, 7) is 4.43. The van der Waals surface area contributed by atoms with Crippen LogP contribution in [0.15, 0.2) is 97.1 Å². The highest BCUT2D eigenvalue weighted by Gasteiger charge is 2.56. The summed E-state index contributed by atoms with van der Waals surface area (Å²) >= 11 is 0. The first-order valence-electron chi connectivity index (χ1n) is 19.8. The van der Waals surface area contributed by atoms with E-state index < -0.39 is 26.3 Å². The molecular weight excluding hydrogens is 739 g/mol. The first-order chi connectivity index (χ1) is 27.5. The monoisotopic (exact) mass is 793 g/mol. The number of esters is 1. The van der Waals surface area contributed by atoms with Crippen LogP contribution in [0.1, 0.15) is 108 Å². The second kappa shape index (κ2) is 18.2. The van der Waals surface area contributed by atoms with Gasteiger partial charge in [-0.3, -0.25) is 4.79 Å². The predicted molar refractivity (Wildman–Crippen MR) is 220 cm³/mol. The van der Waals surface area contributed by atoms with Gasteiger partial charge >= 0.3 is 20.9 Å². The number of hydrogen-bond donors (Lipinski definition) is 0. The fourth-order valence-corrected chi connectivity index (χ4v) is 11.0. The number of carbonyl (C=O) groups excluding carboxylic acids is 3. The van der Waals surface area contributed by atoms with E-state index in [2.05, 4.69) is 31.2 Å². The summed E-state index contributed by atoms with van der Waals surface area (Å²) in [4.78, 5) is 40.2. The molecule has 2 aliphatic rings. The van der Waals surface area contributed by atoms with Gasteiger partial charge in [0.15, 0.2) is 5.78 Å². The number of amides is 1. The van der Waals surface area contributed by atoms with Crippen LogP contribution in [0, 0.1) is 0 Å². The second-order valence-electron chi connectivity index (χ2n) is 15.3. The van der Waals surface area contributed by atoms with Crippen LogP contribution >= 0.6 is 0 Å². The molecule has 1 saturated heterocycles. The summed E-state index contributed by atoms with van der Waals surface area (Å²) in [7, 11) is 3.26. The maximum absolute atomic E-state index is 13.4. The van der Waals surface area contributed by atoms with E-state index in [0.29, 0.717) is 36.3 Å². The summed E-state index contributed by atoms with van der Waals surface area (Å²) in [6.07, 6.45) is 7.15. The molecule has 2 unspecified atom stereocenters. The quantitative estimate of drug-likeness (QED) is 0.0361. The van der Waals surface area contributed by atoms with Crippen molar-refractivity contribution >= 4 is 26.7 Å². The minimum absolute atomic E-state index is 0.00601. The molecule has 1 aliphatic heterocycles. The lowest BCUT2D eigenvalue weighted by Gasteiger charge is -2.45. The number of methoxy groups -OCH3 is 1. The van der Waals surface area contributed by atoms with Crippen LogP contribution in [0.4, 0.5) is 4.79 Å². The largest absolute Gasteiger partial charge is 0.524 e. The van der Waals surface area contributed by atoms with Crippen LogP contribution < -0.4 is 9.47 Å². The normalized spacial score (nSPS) is 17.5. The van der Waals surface area contributed by atoms with Crippen LogP contribution in [0.2, 0.25) is 0 Å². The molecule has 6 rings (SSSR count). The Labute approximate surface area is 337 Å². The molecule has 0 N–H and O–H groups in total. The number of nitrogens with zero attached hydrogens (tertiary/aromatic N) is 1. The van der Waals surface area contributed by atoms with Crippen molar-refractivity contribution in [1.29, 1.82) is 0 Å². The summed E-state index contributed by atoms with van der Waals surface area (Å²) in [6, 6.07) is 31.4. The second-order valence-corrected chi connectivity index (χ2v) is 18.4. The predicted octanol–water partition coefficient (Wildman–Crippen LogP) is 9.08. The van der Waals surface area contributed by atoms with Gasteiger partial charge in [-0.2, -0.15) is 0 Å². The van der Waals surface area contributed by atoms with Crippen molar-refractivity contribution < 1.29 is 41.9 Å². The van der Waals surface area contributed by atoms with Gasteiger partial charge in [0.05, 0.1) is 19.3 Å². The van der Waals surface area contributed by atoms with Crippen LogP contribution in [0.3, 0.4) is 0 Å². The van der Waals surface area contributed by atoms with Crippen LogP contribution in [-0.4, -0.2) is 78.8 Å². The van der Waals surface area contributed by atoms with E-state index >= 15 is 0 Å². The molecule has 2 atom stereocenters. The van der Waals surface area contributed by atoms with Crippen molar-refractivity contribution in [3.8, 4) is 11.5 Å². The van der Waals surface area contributed by atoms with Crippen LogP contribution in [0.25, 0.3) is 0 Å². The summed E-state index contributed by atoms with van der Waals surface area (Å²) in [5, 5.41) is 0. The van der Waals surface area contributed by atoms with E-state index in [1.807, 2.05) is 72.8 Å². The number of Topliss-reactive ketones (excluding diaryl/α,β-unsaturated/α-hetero) is 1. The highest BCUT2D eigenvalue weighted by Crippen LogP contribution is 2.45. The fraction of sp³-hybridized carbons (Fsp3) is 0.413. The first-order valence-corrected chi connectivity index (χ1v) is 21.6. The minimum Gasteiger partial charge on any atom is -0.497 e. The molecule has 0 bridgehead atoms. The molecule has 1 amide bonds. The van der Waals surface area contributed by atoms with E-state index in [-0.39, 0.29) is 23.5 Å². The van der Waals surface area contributed by atoms with Gasteiger partial charge in [0.2, 0.25) is 0 Å². The number of ether oxygens (including phenoxy) is 3. The van der Waals surface area contributed by atoms with E-state index in [1.165, 1.54) is 38.9 Å². The van der Waals surface area contributed by atoms with Gasteiger partial charge < -0.3 is 32.4 Å². The Balaban J connectivity index is 1.14. The Morgan fingerprint density at radius 3 is 1.75 bits per heavy atom. The van der Waals surface area contributed by atoms with Gasteiger partial charge in [0, 0.05) is 44.3 Å². The number of rotatable bonds is 16. The molecule has 57 heavy (non-hydrogen) atoms. The average molecular weight is 794 g/mol. The summed E-state index contributed by atoms with van der Waals surface area (Å²) < 4.78 is 33.8. The van der Waals surface area contributed by atoms with Crippen molar-refractivity contribution in [2.75, 3.05) is 41.6 Å². The first kappa shape index (κ1) is 41.8. The minimum atomic E-state index is -3.03. The Morgan fingerprint density at radius 2 is 1.25 bits per heavy atom. The molecule has 0 aromatic heterocycles. The van der Waals surface area contributed by atoms with Crippen molar-refractivity contribution in [2.24, 2.45) is 0 Å². The molecule has 10 nitrogen and oxygen atoms in total. The summed E-state index contributed by atoms with van der Waals surface area (Å²) in [5.74, 6) is 0.843. The molecule has 1 saturated carbocycles. The third-order valence-electron chi connectivity index (χ3n) is 12.2. The van der Waals surface area contributed by atoms with E-state index in [4.69, 9.17) is 27.5 Å². The van der Waals surface area contributed by atoms with Gasteiger partial charge in [-0.05, 0) is 97.7 Å². The average Bonchev–Trinajstić information content (AvgIpc) is 3.24. The van der Waals surface area contributed by atoms with Crippen molar-refractivity contribution in [3.05, 3.63) is 130 Å². The molecule has 1 aliphatic carbocycles. The van der Waals surface area contributed by atoms with Crippen LogP contribution in [-0.2, 0) is 28.8 Å². The zero-order valence-corrected chi connectivity index (χ0v) is 35.0. The lowest BCUT2D eigenvalue weighted by molar-refractivity contribution is 0.0210. The Kier molecular flexibility index (Phi) is 13.3. The molecular formula is C46H55NO9Si. The number of carbonyl (C=O) groups is 3. The highest BCUT2D eigenvalue weighted by atomic mass is 28.4. The van der Waals surface area contributed by atoms with Crippen molar-refractivity contribution in [3.63, 3.8) is 0 Å². The Bertz CT molecular complexity index is 1960. The zero-order chi connectivity index (χ0) is 40.6. The molecule has 0 spiro atoms. The SMILES string of the molecule is COc1ccc(C2(c3ccc(C(=O)Oc4ccc(C(C)(CCCOC(=O)N5CCC5[Si](OC)(OC)OC)c5ccc(C(C)=O)cc5)cc4)cc3)CCCCC2)cc1. The highest BCUT2D eigenvalue weighted by molar-refractivity contribution is 6.62. The number of benzene rings is 4. The molecule has 4 aromatic rings. The Hall–Kier alpha value is -4.81. The van der Waals surface area contributed by atoms with Gasteiger partial charge in [-0.15, -0.1) is 0 Å². The Morgan fingerprint density at radius 1 is 0.719 bits per heavy atom. The lowest BCUT2D eigenvalue weighted by atomic mass is 9.65. The molecule has 1 heterocycles. The van der Waals surface area contributed by atoms with Crippen molar-refractivity contribution in [2.45, 2.75) is 81.7 Å². The summed E-state index contributed by atoms with van der Waals surface area (Å²) in [5.41, 5.74) is 4.68. The number of ketones is 1. The van der Waals surface area contributed by atoms with Gasteiger partial charge in [-0.25, -0.2) is 9.59 Å². The molecule has 11 heteroatoms. The third kappa shape index (κ3) is 8.72. The van der Waals surface area contributed by atoms with E-state index in [9.17, 15) is 14.4 Å². The number of hydrogen-bond acceptors (Lipinski definition) is 9. The van der Waals surface area contributed by atoms with E-state index in [1.54, 1.807) is 18.9 Å². The van der Waals surface area contributed by atoms with Gasteiger partial charge in [0.25, 0.3) is 0 Å². The standard InChI is InChI=1S/C46H55NO9Si/c1-33(48)34-11-15-36(16-12-34)45(2,28-10-32-55-44(50)47-31-27-42(47)57(52-4,53-5)54-6)37-19-25-41(26-20-37)56-43(49)35-13-17-38(18-14-35)46(29-8-7-9-30-46)39-21-23-40(51-3)24-22-39/h11-26,42H,7-10,27-32H2,1-6H3. The maximum Gasteiger partial charge on any atom is 0.524 e. The lowest BCUT2D eigenvalue weighted by Crippen LogP contribution is -2.68. The maximum atomic E-state index is 13.4. The van der Waals surface area contributed by atoms with Gasteiger partial charge in [-0.1, -0.05) is 86.8 Å². The van der Waals surface area contributed by atoms with Crippen LogP contribution in [0.5, 0.6) is 11.5 Å². The fourth-order valence-electron chi connectivity index (χ4n) is 8.62.